The standard InChI is InChI=1S/C8H9NO4/c1-4-3-6(10)9(8(12)13)7(11)5(4)2/h3,10H,1-2H3,(H,12,13). The highest BCUT2D eigenvalue weighted by atomic mass is 16.4. The molecule has 1 aromatic heterocycles. The Morgan fingerprint density at radius 3 is 2.46 bits per heavy atom. The van der Waals surface area contributed by atoms with E-state index in [2.05, 4.69) is 0 Å². The number of aryl methyl sites for hydroxylation is 1. The molecule has 0 aliphatic heterocycles. The Morgan fingerprint density at radius 1 is 1.46 bits per heavy atom. The molecule has 0 aliphatic carbocycles. The molecule has 5 nitrogen and oxygen atoms in total. The van der Waals surface area contributed by atoms with Crippen molar-refractivity contribution in [3.63, 3.8) is 0 Å². The fraction of sp³-hybridized carbons (Fsp3) is 0.250. The van der Waals surface area contributed by atoms with Crippen LogP contribution >= 0.6 is 0 Å². The Bertz CT molecular complexity index is 419. The van der Waals surface area contributed by atoms with Crippen molar-refractivity contribution in [1.82, 2.24) is 4.57 Å². The molecule has 0 aliphatic rings. The molecule has 70 valence electrons. The average Bonchev–Trinajstić information content (AvgIpc) is 1.99. The van der Waals surface area contributed by atoms with Crippen molar-refractivity contribution in [3.05, 3.63) is 27.5 Å². The lowest BCUT2D eigenvalue weighted by Crippen LogP contribution is -2.27. The molecule has 5 heteroatoms. The smallest absolute Gasteiger partial charge is 0.421 e. The quantitative estimate of drug-likeness (QED) is 0.620. The van der Waals surface area contributed by atoms with Crippen LogP contribution in [-0.2, 0) is 0 Å². The van der Waals surface area contributed by atoms with Crippen LogP contribution in [0, 0.1) is 13.8 Å². The summed E-state index contributed by atoms with van der Waals surface area (Å²) in [5.74, 6) is -0.555. The lowest BCUT2D eigenvalue weighted by Gasteiger charge is -2.05. The topological polar surface area (TPSA) is 79.5 Å². The van der Waals surface area contributed by atoms with Gasteiger partial charge in [-0.3, -0.25) is 4.79 Å². The minimum Gasteiger partial charge on any atom is -0.494 e. The lowest BCUT2D eigenvalue weighted by molar-refractivity contribution is 0.191. The zero-order valence-electron chi connectivity index (χ0n) is 7.24. The number of nitrogens with zero attached hydrogens (tertiary/aromatic N) is 1. The number of aromatic hydroxyl groups is 1. The van der Waals surface area contributed by atoms with Gasteiger partial charge < -0.3 is 10.2 Å². The normalized spacial score (nSPS) is 10.0. The Morgan fingerprint density at radius 2 is 2.00 bits per heavy atom. The van der Waals surface area contributed by atoms with Crippen molar-refractivity contribution in [2.45, 2.75) is 13.8 Å². The zero-order valence-corrected chi connectivity index (χ0v) is 7.24. The van der Waals surface area contributed by atoms with Crippen LogP contribution in [0.3, 0.4) is 0 Å². The summed E-state index contributed by atoms with van der Waals surface area (Å²) in [5, 5.41) is 17.7. The van der Waals surface area contributed by atoms with Gasteiger partial charge in [0.05, 0.1) is 0 Å². The predicted molar refractivity (Wildman–Crippen MR) is 45.3 cm³/mol. The molecule has 0 saturated heterocycles. The molecule has 2 N–H and O–H groups in total. The van der Waals surface area contributed by atoms with Crippen molar-refractivity contribution in [3.8, 4) is 5.88 Å². The van der Waals surface area contributed by atoms with Crippen LogP contribution in [0.1, 0.15) is 11.1 Å². The maximum absolute atomic E-state index is 11.3. The molecule has 0 bridgehead atoms. The summed E-state index contributed by atoms with van der Waals surface area (Å²) in [6.07, 6.45) is -1.48. The van der Waals surface area contributed by atoms with Crippen LogP contribution in [0.4, 0.5) is 4.79 Å². The molecular formula is C8H9NO4. The van der Waals surface area contributed by atoms with Gasteiger partial charge >= 0.3 is 6.09 Å². The van der Waals surface area contributed by atoms with Gasteiger partial charge in [0.25, 0.3) is 5.56 Å². The summed E-state index contributed by atoms with van der Waals surface area (Å²) in [4.78, 5) is 21.8. The van der Waals surface area contributed by atoms with Crippen LogP contribution in [0.25, 0.3) is 0 Å². The Labute approximate surface area is 73.9 Å². The monoisotopic (exact) mass is 183 g/mol. The van der Waals surface area contributed by atoms with Gasteiger partial charge in [0.2, 0.25) is 5.88 Å². The molecule has 1 rings (SSSR count). The maximum atomic E-state index is 11.3. The third kappa shape index (κ3) is 1.40. The first kappa shape index (κ1) is 9.31. The van der Waals surface area contributed by atoms with Crippen LogP contribution in [0.5, 0.6) is 5.88 Å². The van der Waals surface area contributed by atoms with E-state index in [9.17, 15) is 9.59 Å². The van der Waals surface area contributed by atoms with E-state index >= 15 is 0 Å². The summed E-state index contributed by atoms with van der Waals surface area (Å²) in [6.45, 7) is 3.14. The maximum Gasteiger partial charge on any atom is 0.421 e. The largest absolute Gasteiger partial charge is 0.494 e. The van der Waals surface area contributed by atoms with E-state index in [4.69, 9.17) is 10.2 Å². The first-order valence-electron chi connectivity index (χ1n) is 3.60. The van der Waals surface area contributed by atoms with E-state index in [0.717, 1.165) is 0 Å². The first-order valence-corrected chi connectivity index (χ1v) is 3.60. The molecule has 0 amide bonds. The highest BCUT2D eigenvalue weighted by Gasteiger charge is 2.13. The highest BCUT2D eigenvalue weighted by Crippen LogP contribution is 2.10. The number of pyridine rings is 1. The van der Waals surface area contributed by atoms with E-state index in [1.807, 2.05) is 0 Å². The number of hydrogen-bond donors (Lipinski definition) is 2. The van der Waals surface area contributed by atoms with Gasteiger partial charge in [-0.05, 0) is 19.4 Å². The second-order valence-electron chi connectivity index (χ2n) is 2.73. The highest BCUT2D eigenvalue weighted by molar-refractivity contribution is 5.70. The van der Waals surface area contributed by atoms with Gasteiger partial charge in [0, 0.05) is 11.6 Å². The van der Waals surface area contributed by atoms with Gasteiger partial charge in [-0.2, -0.15) is 4.57 Å². The minimum atomic E-state index is -1.48. The Hall–Kier alpha value is -1.78. The Balaban J connectivity index is 3.63. The zero-order chi connectivity index (χ0) is 10.2. The van der Waals surface area contributed by atoms with Crippen molar-refractivity contribution in [1.29, 1.82) is 0 Å². The van der Waals surface area contributed by atoms with Crippen LogP contribution in [-0.4, -0.2) is 20.9 Å². The Kier molecular flexibility index (Phi) is 2.10. The molecule has 0 saturated carbocycles. The second-order valence-corrected chi connectivity index (χ2v) is 2.73. The van der Waals surface area contributed by atoms with Crippen LogP contribution in [0.15, 0.2) is 10.9 Å². The summed E-state index contributed by atoms with van der Waals surface area (Å²) < 4.78 is 0.308. The molecule has 0 aromatic carbocycles. The summed E-state index contributed by atoms with van der Waals surface area (Å²) in [5.41, 5.74) is 0.185. The van der Waals surface area contributed by atoms with Crippen molar-refractivity contribution in [2.24, 2.45) is 0 Å². The third-order valence-electron chi connectivity index (χ3n) is 1.88. The van der Waals surface area contributed by atoms with Gasteiger partial charge in [0.1, 0.15) is 0 Å². The number of carboxylic acid groups (broad SMARTS) is 1. The molecule has 1 heterocycles. The second kappa shape index (κ2) is 2.93. The average molecular weight is 183 g/mol. The van der Waals surface area contributed by atoms with Crippen molar-refractivity contribution >= 4 is 6.09 Å². The summed E-state index contributed by atoms with van der Waals surface area (Å²) in [6, 6.07) is 1.24. The SMILES string of the molecule is Cc1cc(O)n(C(=O)O)c(=O)c1C. The van der Waals surface area contributed by atoms with Gasteiger partial charge in [-0.15, -0.1) is 0 Å². The number of aromatic nitrogens is 1. The molecule has 0 unspecified atom stereocenters. The van der Waals surface area contributed by atoms with Gasteiger partial charge in [-0.1, -0.05) is 0 Å². The van der Waals surface area contributed by atoms with Crippen molar-refractivity contribution < 1.29 is 15.0 Å². The number of hydrogen-bond acceptors (Lipinski definition) is 3. The van der Waals surface area contributed by atoms with Gasteiger partial charge in [0.15, 0.2) is 0 Å². The molecule has 0 fully saturated rings. The number of rotatable bonds is 0. The summed E-state index contributed by atoms with van der Waals surface area (Å²) in [7, 11) is 0. The fourth-order valence-corrected chi connectivity index (χ4v) is 0.992. The molecule has 0 radical (unpaired) electrons. The third-order valence-corrected chi connectivity index (χ3v) is 1.88. The van der Waals surface area contributed by atoms with E-state index in [1.165, 1.54) is 13.0 Å². The van der Waals surface area contributed by atoms with Crippen LogP contribution < -0.4 is 5.56 Å². The van der Waals surface area contributed by atoms with E-state index in [-0.39, 0.29) is 0 Å². The number of carbonyl (C=O) groups is 1. The predicted octanol–water partition coefficient (Wildman–Crippen LogP) is 0.697. The van der Waals surface area contributed by atoms with Gasteiger partial charge in [-0.25, -0.2) is 4.79 Å². The summed E-state index contributed by atoms with van der Waals surface area (Å²) >= 11 is 0. The fourth-order valence-electron chi connectivity index (χ4n) is 0.992. The molecule has 0 spiro atoms. The molecule has 0 atom stereocenters. The molecule has 1 aromatic rings. The van der Waals surface area contributed by atoms with Crippen molar-refractivity contribution in [2.75, 3.05) is 0 Å². The van der Waals surface area contributed by atoms with Crippen LogP contribution in [0.2, 0.25) is 0 Å². The molecular weight excluding hydrogens is 174 g/mol. The van der Waals surface area contributed by atoms with E-state index < -0.39 is 17.5 Å². The minimum absolute atomic E-state index is 0.308. The van der Waals surface area contributed by atoms with E-state index in [0.29, 0.717) is 15.7 Å². The first-order chi connectivity index (χ1) is 5.95. The van der Waals surface area contributed by atoms with E-state index in [1.54, 1.807) is 6.92 Å². The molecule has 13 heavy (non-hydrogen) atoms. The lowest BCUT2D eigenvalue weighted by atomic mass is 10.2.